The van der Waals surface area contributed by atoms with Crippen LogP contribution in [-0.2, 0) is 0 Å². The molecule has 1 aromatic carbocycles. The highest BCUT2D eigenvalue weighted by atomic mass is 16.2. The Morgan fingerprint density at radius 2 is 1.61 bits per heavy atom. The summed E-state index contributed by atoms with van der Waals surface area (Å²) in [6.45, 7) is 4.30. The summed E-state index contributed by atoms with van der Waals surface area (Å²) in [5, 5.41) is 4.39. The van der Waals surface area contributed by atoms with E-state index in [-0.39, 0.29) is 17.0 Å². The molecule has 142 valence electrons. The summed E-state index contributed by atoms with van der Waals surface area (Å²) >= 11 is 0. The molecule has 0 radical (unpaired) electrons. The van der Waals surface area contributed by atoms with Gasteiger partial charge in [-0.2, -0.15) is 5.10 Å². The van der Waals surface area contributed by atoms with Crippen LogP contribution in [0.1, 0.15) is 16.2 Å². The van der Waals surface area contributed by atoms with Crippen molar-refractivity contribution in [1.82, 2.24) is 19.7 Å². The summed E-state index contributed by atoms with van der Waals surface area (Å²) in [6, 6.07) is 14.9. The molecule has 0 spiro atoms. The van der Waals surface area contributed by atoms with E-state index in [4.69, 9.17) is 0 Å². The van der Waals surface area contributed by atoms with Gasteiger partial charge in [-0.1, -0.05) is 18.2 Å². The molecule has 3 aromatic rings. The number of amides is 1. The number of anilines is 1. The van der Waals surface area contributed by atoms with E-state index in [0.717, 1.165) is 11.4 Å². The van der Waals surface area contributed by atoms with Gasteiger partial charge in [-0.15, -0.1) is 0 Å². The number of carbonyl (C=O) groups excluding carboxylic acids is 1. The third-order valence-electron chi connectivity index (χ3n) is 4.91. The third-order valence-corrected chi connectivity index (χ3v) is 4.91. The maximum absolute atomic E-state index is 13.0. The Labute approximate surface area is 162 Å². The Bertz CT molecular complexity index is 1030. The van der Waals surface area contributed by atoms with Crippen LogP contribution in [0.15, 0.2) is 65.7 Å². The van der Waals surface area contributed by atoms with Crippen molar-refractivity contribution >= 4 is 11.6 Å². The lowest BCUT2D eigenvalue weighted by Gasteiger charge is -2.35. The second-order valence-corrected chi connectivity index (χ2v) is 6.73. The molecule has 4 rings (SSSR count). The first-order chi connectivity index (χ1) is 13.6. The van der Waals surface area contributed by atoms with Crippen LogP contribution in [0.25, 0.3) is 5.69 Å². The second kappa shape index (κ2) is 7.64. The normalized spacial score (nSPS) is 14.2. The van der Waals surface area contributed by atoms with Gasteiger partial charge in [0, 0.05) is 56.0 Å². The maximum atomic E-state index is 13.0. The first-order valence-electron chi connectivity index (χ1n) is 9.24. The van der Waals surface area contributed by atoms with Gasteiger partial charge in [-0.05, 0) is 31.2 Å². The molecule has 0 aliphatic carbocycles. The molecule has 1 aliphatic heterocycles. The summed E-state index contributed by atoms with van der Waals surface area (Å²) in [7, 11) is 0. The van der Waals surface area contributed by atoms with Crippen LogP contribution in [-0.4, -0.2) is 51.8 Å². The number of hydrogen-bond acceptors (Lipinski definition) is 5. The predicted molar refractivity (Wildman–Crippen MR) is 107 cm³/mol. The average Bonchev–Trinajstić information content (AvgIpc) is 2.75. The number of pyridine rings is 1. The van der Waals surface area contributed by atoms with E-state index in [1.54, 1.807) is 22.0 Å². The number of benzene rings is 1. The minimum atomic E-state index is -0.341. The molecule has 0 bridgehead atoms. The number of aryl methyl sites for hydroxylation is 1. The number of rotatable bonds is 3. The van der Waals surface area contributed by atoms with Gasteiger partial charge in [0.1, 0.15) is 0 Å². The van der Waals surface area contributed by atoms with Gasteiger partial charge in [0.15, 0.2) is 5.69 Å². The monoisotopic (exact) mass is 375 g/mol. The van der Waals surface area contributed by atoms with E-state index in [1.165, 1.54) is 6.07 Å². The van der Waals surface area contributed by atoms with E-state index in [2.05, 4.69) is 15.0 Å². The SMILES string of the molecule is Cc1cc(=O)c(C(=O)N2CCN(c3ccncc3)CC2)nn1-c1ccccc1. The predicted octanol–water partition coefficient (Wildman–Crippen LogP) is 1.90. The van der Waals surface area contributed by atoms with Crippen molar-refractivity contribution in [3.63, 3.8) is 0 Å². The Morgan fingerprint density at radius 1 is 0.929 bits per heavy atom. The fourth-order valence-electron chi connectivity index (χ4n) is 3.40. The van der Waals surface area contributed by atoms with Crippen molar-refractivity contribution in [3.8, 4) is 5.69 Å². The zero-order chi connectivity index (χ0) is 19.5. The summed E-state index contributed by atoms with van der Waals surface area (Å²) < 4.78 is 1.64. The number of carbonyl (C=O) groups is 1. The molecule has 0 unspecified atom stereocenters. The summed E-state index contributed by atoms with van der Waals surface area (Å²) in [6.07, 6.45) is 3.52. The molecule has 3 heterocycles. The zero-order valence-corrected chi connectivity index (χ0v) is 15.7. The van der Waals surface area contributed by atoms with Gasteiger partial charge in [0.05, 0.1) is 5.69 Å². The molecule has 1 saturated heterocycles. The number of piperazine rings is 1. The van der Waals surface area contributed by atoms with Crippen LogP contribution in [0, 0.1) is 6.92 Å². The Hall–Kier alpha value is -3.48. The van der Waals surface area contributed by atoms with Crippen molar-refractivity contribution in [1.29, 1.82) is 0 Å². The van der Waals surface area contributed by atoms with Crippen molar-refractivity contribution < 1.29 is 4.79 Å². The topological polar surface area (TPSA) is 71.3 Å². The zero-order valence-electron chi connectivity index (χ0n) is 15.7. The van der Waals surface area contributed by atoms with E-state index in [9.17, 15) is 9.59 Å². The molecule has 2 aromatic heterocycles. The first kappa shape index (κ1) is 17.9. The summed E-state index contributed by atoms with van der Waals surface area (Å²) in [5.74, 6) is -0.316. The highest BCUT2D eigenvalue weighted by molar-refractivity contribution is 5.92. The molecule has 0 N–H and O–H groups in total. The number of para-hydroxylation sites is 1. The molecule has 1 amide bonds. The average molecular weight is 375 g/mol. The smallest absolute Gasteiger partial charge is 0.278 e. The fourth-order valence-corrected chi connectivity index (χ4v) is 3.40. The van der Waals surface area contributed by atoms with Crippen LogP contribution < -0.4 is 10.3 Å². The van der Waals surface area contributed by atoms with E-state index < -0.39 is 0 Å². The molecule has 28 heavy (non-hydrogen) atoms. The fraction of sp³-hybridized carbons (Fsp3) is 0.238. The Morgan fingerprint density at radius 3 is 2.29 bits per heavy atom. The summed E-state index contributed by atoms with van der Waals surface area (Å²) in [5.41, 5.74) is 2.21. The lowest BCUT2D eigenvalue weighted by atomic mass is 10.2. The van der Waals surface area contributed by atoms with Crippen LogP contribution in [0.3, 0.4) is 0 Å². The van der Waals surface area contributed by atoms with Crippen molar-refractivity contribution in [2.45, 2.75) is 6.92 Å². The van der Waals surface area contributed by atoms with Crippen molar-refractivity contribution in [2.75, 3.05) is 31.1 Å². The molecule has 7 heteroatoms. The number of nitrogens with zero attached hydrogens (tertiary/aromatic N) is 5. The first-order valence-corrected chi connectivity index (χ1v) is 9.24. The maximum Gasteiger partial charge on any atom is 0.278 e. The quantitative estimate of drug-likeness (QED) is 0.699. The highest BCUT2D eigenvalue weighted by Crippen LogP contribution is 2.16. The molecular formula is C21H21N5O2. The lowest BCUT2D eigenvalue weighted by Crippen LogP contribution is -2.50. The highest BCUT2D eigenvalue weighted by Gasteiger charge is 2.25. The molecule has 7 nitrogen and oxygen atoms in total. The van der Waals surface area contributed by atoms with Crippen molar-refractivity contribution in [3.05, 3.63) is 82.5 Å². The summed E-state index contributed by atoms with van der Waals surface area (Å²) in [4.78, 5) is 33.4. The van der Waals surface area contributed by atoms with Crippen LogP contribution in [0.5, 0.6) is 0 Å². The molecular weight excluding hydrogens is 354 g/mol. The standard InChI is InChI=1S/C21H21N5O2/c1-16-15-19(27)20(23-26(16)18-5-3-2-4-6-18)21(28)25-13-11-24(12-14-25)17-7-9-22-10-8-17/h2-10,15H,11-14H2,1H3. The Kier molecular flexibility index (Phi) is 4.89. The largest absolute Gasteiger partial charge is 0.368 e. The van der Waals surface area contributed by atoms with Gasteiger partial charge in [-0.3, -0.25) is 14.6 Å². The van der Waals surface area contributed by atoms with E-state index >= 15 is 0 Å². The molecule has 0 atom stereocenters. The molecule has 1 fully saturated rings. The third kappa shape index (κ3) is 3.51. The van der Waals surface area contributed by atoms with Gasteiger partial charge < -0.3 is 9.80 Å². The minimum Gasteiger partial charge on any atom is -0.368 e. The Balaban J connectivity index is 1.55. The lowest BCUT2D eigenvalue weighted by molar-refractivity contribution is 0.0737. The molecule has 1 aliphatic rings. The number of aromatic nitrogens is 3. The van der Waals surface area contributed by atoms with Crippen LogP contribution in [0.2, 0.25) is 0 Å². The van der Waals surface area contributed by atoms with Crippen LogP contribution in [0.4, 0.5) is 5.69 Å². The van der Waals surface area contributed by atoms with Gasteiger partial charge >= 0.3 is 0 Å². The van der Waals surface area contributed by atoms with Gasteiger partial charge in [0.2, 0.25) is 5.43 Å². The van der Waals surface area contributed by atoms with Crippen LogP contribution >= 0.6 is 0 Å². The van der Waals surface area contributed by atoms with E-state index in [1.807, 2.05) is 49.4 Å². The molecule has 0 saturated carbocycles. The minimum absolute atomic E-state index is 0.0354. The second-order valence-electron chi connectivity index (χ2n) is 6.73. The van der Waals surface area contributed by atoms with Crippen molar-refractivity contribution in [2.24, 2.45) is 0 Å². The van der Waals surface area contributed by atoms with Gasteiger partial charge in [0.25, 0.3) is 5.91 Å². The van der Waals surface area contributed by atoms with E-state index in [0.29, 0.717) is 31.9 Å². The number of hydrogen-bond donors (Lipinski definition) is 0. The van der Waals surface area contributed by atoms with Gasteiger partial charge in [-0.25, -0.2) is 4.68 Å².